The van der Waals surface area contributed by atoms with E-state index in [0.29, 0.717) is 17.2 Å². The number of rotatable bonds is 5. The van der Waals surface area contributed by atoms with Gasteiger partial charge in [-0.1, -0.05) is 35.5 Å². The van der Waals surface area contributed by atoms with E-state index >= 15 is 0 Å². The van der Waals surface area contributed by atoms with E-state index in [0.717, 1.165) is 5.56 Å². The highest BCUT2D eigenvalue weighted by molar-refractivity contribution is 5.97. The van der Waals surface area contributed by atoms with Crippen molar-refractivity contribution in [1.29, 1.82) is 0 Å². The van der Waals surface area contributed by atoms with Crippen molar-refractivity contribution in [3.63, 3.8) is 0 Å². The highest BCUT2D eigenvalue weighted by atomic mass is 16.6. The molecule has 2 aromatic heterocycles. The van der Waals surface area contributed by atoms with Crippen LogP contribution in [0.3, 0.4) is 0 Å². The quantitative estimate of drug-likeness (QED) is 0.657. The first-order valence-corrected chi connectivity index (χ1v) is 7.46. The molecule has 3 rings (SSSR count). The molecule has 2 heterocycles. The summed E-state index contributed by atoms with van der Waals surface area (Å²) in [5.41, 5.74) is 1.42. The maximum absolute atomic E-state index is 12.4. The summed E-state index contributed by atoms with van der Waals surface area (Å²) >= 11 is 0. The molecule has 128 valence electrons. The van der Waals surface area contributed by atoms with Crippen molar-refractivity contribution in [2.45, 2.75) is 13.5 Å². The summed E-state index contributed by atoms with van der Waals surface area (Å²) in [6.45, 7) is 1.51. The molecule has 25 heavy (non-hydrogen) atoms. The van der Waals surface area contributed by atoms with Crippen LogP contribution in [0.15, 0.2) is 51.4 Å². The lowest BCUT2D eigenvalue weighted by Crippen LogP contribution is -2.07. The van der Waals surface area contributed by atoms with Crippen LogP contribution in [0.2, 0.25) is 0 Å². The minimum atomic E-state index is -0.598. The molecule has 0 atom stereocenters. The lowest BCUT2D eigenvalue weighted by molar-refractivity contribution is 0.0437. The van der Waals surface area contributed by atoms with Crippen molar-refractivity contribution < 1.29 is 28.0 Å². The van der Waals surface area contributed by atoms with Gasteiger partial charge < -0.3 is 18.4 Å². The van der Waals surface area contributed by atoms with E-state index in [4.69, 9.17) is 13.7 Å². The van der Waals surface area contributed by atoms with Gasteiger partial charge in [-0.25, -0.2) is 9.59 Å². The van der Waals surface area contributed by atoms with E-state index in [2.05, 4.69) is 9.89 Å². The molecule has 7 nitrogen and oxygen atoms in total. The van der Waals surface area contributed by atoms with Gasteiger partial charge >= 0.3 is 11.9 Å². The molecule has 0 saturated heterocycles. The third-order valence-electron chi connectivity index (χ3n) is 3.51. The van der Waals surface area contributed by atoms with Crippen molar-refractivity contribution in [3.05, 3.63) is 65.3 Å². The molecule has 0 saturated carbocycles. The molecule has 1 aromatic carbocycles. The maximum atomic E-state index is 12.4. The molecule has 0 spiro atoms. The molecule has 0 radical (unpaired) electrons. The molecule has 0 aliphatic rings. The second-order valence-electron chi connectivity index (χ2n) is 5.16. The van der Waals surface area contributed by atoms with Crippen molar-refractivity contribution >= 4 is 11.9 Å². The van der Waals surface area contributed by atoms with Gasteiger partial charge in [0, 0.05) is 5.56 Å². The van der Waals surface area contributed by atoms with Crippen molar-refractivity contribution in [2.24, 2.45) is 0 Å². The Morgan fingerprint density at radius 1 is 1.08 bits per heavy atom. The molecule has 0 bridgehead atoms. The van der Waals surface area contributed by atoms with Crippen LogP contribution < -0.4 is 0 Å². The number of furan rings is 1. The van der Waals surface area contributed by atoms with Gasteiger partial charge in [-0.05, 0) is 19.1 Å². The minimum Gasteiger partial charge on any atom is -0.463 e. The fourth-order valence-electron chi connectivity index (χ4n) is 2.28. The second-order valence-corrected chi connectivity index (χ2v) is 5.16. The van der Waals surface area contributed by atoms with Crippen LogP contribution in [0, 0.1) is 6.92 Å². The first kappa shape index (κ1) is 16.5. The molecule has 0 fully saturated rings. The number of benzene rings is 1. The van der Waals surface area contributed by atoms with Crippen LogP contribution in [0.25, 0.3) is 11.3 Å². The number of hydrogen-bond donors (Lipinski definition) is 0. The third kappa shape index (κ3) is 3.45. The number of methoxy groups -OCH3 is 1. The van der Waals surface area contributed by atoms with Crippen LogP contribution in [0.1, 0.15) is 32.4 Å². The SMILES string of the molecule is COC(=O)c1ccc(COC(=O)c2c(-c3ccccc3)noc2C)o1. The topological polar surface area (TPSA) is 91.8 Å². The molecule has 0 unspecified atom stereocenters. The zero-order chi connectivity index (χ0) is 17.8. The molecule has 0 amide bonds. The van der Waals surface area contributed by atoms with Gasteiger partial charge in [0.1, 0.15) is 29.4 Å². The van der Waals surface area contributed by atoms with Gasteiger partial charge in [-0.3, -0.25) is 0 Å². The number of esters is 2. The fourth-order valence-corrected chi connectivity index (χ4v) is 2.28. The van der Waals surface area contributed by atoms with Crippen LogP contribution in [-0.4, -0.2) is 24.2 Å². The Hall–Kier alpha value is -3.35. The zero-order valence-electron chi connectivity index (χ0n) is 13.6. The van der Waals surface area contributed by atoms with E-state index in [9.17, 15) is 9.59 Å². The molecule has 3 aromatic rings. The van der Waals surface area contributed by atoms with Crippen molar-refractivity contribution in [2.75, 3.05) is 7.11 Å². The number of hydrogen-bond acceptors (Lipinski definition) is 7. The van der Waals surface area contributed by atoms with E-state index in [-0.39, 0.29) is 17.9 Å². The number of carbonyl (C=O) groups excluding carboxylic acids is 2. The number of ether oxygens (including phenoxy) is 2. The third-order valence-corrected chi connectivity index (χ3v) is 3.51. The standard InChI is InChI=1S/C18H15NO6/c1-11-15(16(19-25-11)12-6-4-3-5-7-12)18(21)23-10-13-8-9-14(24-13)17(20)22-2/h3-9H,10H2,1-2H3. The Balaban J connectivity index is 1.75. The Morgan fingerprint density at radius 2 is 1.84 bits per heavy atom. The Bertz CT molecular complexity index is 893. The van der Waals surface area contributed by atoms with Gasteiger partial charge in [0.25, 0.3) is 0 Å². The summed E-state index contributed by atoms with van der Waals surface area (Å²) in [6.07, 6.45) is 0. The fraction of sp³-hybridized carbons (Fsp3) is 0.167. The van der Waals surface area contributed by atoms with Crippen LogP contribution in [-0.2, 0) is 16.1 Å². The summed E-state index contributed by atoms with van der Waals surface area (Å²) in [6, 6.07) is 12.2. The Morgan fingerprint density at radius 3 is 2.56 bits per heavy atom. The molecular weight excluding hydrogens is 326 g/mol. The molecule has 7 heteroatoms. The summed E-state index contributed by atoms with van der Waals surface area (Å²) in [7, 11) is 1.25. The minimum absolute atomic E-state index is 0.0414. The van der Waals surface area contributed by atoms with Crippen molar-refractivity contribution in [1.82, 2.24) is 5.16 Å². The molecule has 0 aliphatic carbocycles. The lowest BCUT2D eigenvalue weighted by Gasteiger charge is -2.04. The van der Waals surface area contributed by atoms with Crippen LogP contribution in [0.4, 0.5) is 0 Å². The van der Waals surface area contributed by atoms with Crippen LogP contribution >= 0.6 is 0 Å². The highest BCUT2D eigenvalue weighted by Crippen LogP contribution is 2.26. The van der Waals surface area contributed by atoms with Crippen LogP contribution in [0.5, 0.6) is 0 Å². The average molecular weight is 341 g/mol. The van der Waals surface area contributed by atoms with Gasteiger partial charge in [-0.2, -0.15) is 0 Å². The normalized spacial score (nSPS) is 10.5. The van der Waals surface area contributed by atoms with E-state index in [1.807, 2.05) is 30.3 Å². The van der Waals surface area contributed by atoms with Crippen molar-refractivity contribution in [3.8, 4) is 11.3 Å². The molecular formula is C18H15NO6. The smallest absolute Gasteiger partial charge is 0.373 e. The highest BCUT2D eigenvalue weighted by Gasteiger charge is 2.23. The predicted octanol–water partition coefficient (Wildman–Crippen LogP) is 3.39. The second kappa shape index (κ2) is 7.04. The first-order chi connectivity index (χ1) is 12.1. The van der Waals surface area contributed by atoms with E-state index < -0.39 is 11.9 Å². The van der Waals surface area contributed by atoms with Gasteiger partial charge in [0.05, 0.1) is 7.11 Å². The monoisotopic (exact) mass is 341 g/mol. The molecule has 0 aliphatic heterocycles. The number of carbonyl (C=O) groups is 2. The summed E-state index contributed by atoms with van der Waals surface area (Å²) in [5, 5.41) is 3.94. The van der Waals surface area contributed by atoms with Gasteiger partial charge in [0.2, 0.25) is 5.76 Å². The van der Waals surface area contributed by atoms with Gasteiger partial charge in [0.15, 0.2) is 0 Å². The lowest BCUT2D eigenvalue weighted by atomic mass is 10.1. The summed E-state index contributed by atoms with van der Waals surface area (Å²) < 4.78 is 20.2. The van der Waals surface area contributed by atoms with E-state index in [1.54, 1.807) is 6.92 Å². The maximum Gasteiger partial charge on any atom is 0.373 e. The predicted molar refractivity (Wildman–Crippen MR) is 85.8 cm³/mol. The van der Waals surface area contributed by atoms with E-state index in [1.165, 1.54) is 19.2 Å². The molecule has 0 N–H and O–H groups in total. The number of aryl methyl sites for hydroxylation is 1. The Kier molecular flexibility index (Phi) is 4.65. The number of aromatic nitrogens is 1. The van der Waals surface area contributed by atoms with Gasteiger partial charge in [-0.15, -0.1) is 0 Å². The summed E-state index contributed by atoms with van der Waals surface area (Å²) in [5.74, 6) is -0.463. The largest absolute Gasteiger partial charge is 0.463 e. The first-order valence-electron chi connectivity index (χ1n) is 7.46. The Labute approximate surface area is 143 Å². The average Bonchev–Trinajstić information content (AvgIpc) is 3.26. The zero-order valence-corrected chi connectivity index (χ0v) is 13.6. The number of nitrogens with zero attached hydrogens (tertiary/aromatic N) is 1. The summed E-state index contributed by atoms with van der Waals surface area (Å²) in [4.78, 5) is 23.8.